The second-order valence-electron chi connectivity index (χ2n) is 34.2. The SMILES string of the molecule is C#CC#CC.C=CC(=O)OCCCCCCC(C)(C)C.C=CC(=O)OCCCCCCOc1ccc(CCC(=O)O)cc1.C=CC(=O)OCCCCCCOc1ccc(CCC(=O)Oc2ccc3c(c2)nc(Oc2ccc(OC)cc2)c2cc(OC(=O)CCc4ccc(OCCCCCCOC(=O)C=C)cc4)ccc23)cc1.Oc1ccc2c(c1)nc(Oc1ccc(OC3CCCCO3)cc1)c1cc(O)ccc12. The summed E-state index contributed by atoms with van der Waals surface area (Å²) in [7, 11) is 1.59. The summed E-state index contributed by atoms with van der Waals surface area (Å²) in [5, 5.41) is 33.1. The number of fused-ring (bicyclic) bond motifs is 6. The van der Waals surface area contributed by atoms with Crippen molar-refractivity contribution in [2.45, 2.75) is 201 Å². The quantitative estimate of drug-likeness (QED) is 0.00606. The summed E-state index contributed by atoms with van der Waals surface area (Å²) >= 11 is 0. The van der Waals surface area contributed by atoms with E-state index in [-0.39, 0.29) is 66.8 Å². The molecule has 1 saturated heterocycles. The van der Waals surface area contributed by atoms with E-state index in [9.17, 15) is 43.8 Å². The number of aromatic hydroxyl groups is 2. The monoisotopic (exact) mass is 1940 g/mol. The Bertz CT molecular complexity index is 5940. The molecule has 142 heavy (non-hydrogen) atoms. The number of phenols is 2. The van der Waals surface area contributed by atoms with Crippen LogP contribution in [0.15, 0.2) is 245 Å². The Morgan fingerprint density at radius 3 is 1.15 bits per heavy atom. The number of aliphatic carboxylic acids is 1. The van der Waals surface area contributed by atoms with Gasteiger partial charge in [-0.15, -0.1) is 6.42 Å². The predicted molar refractivity (Wildman–Crippen MR) is 550 cm³/mol. The molecule has 11 aromatic rings. The van der Waals surface area contributed by atoms with Crippen molar-refractivity contribution in [2.75, 3.05) is 60.0 Å². The van der Waals surface area contributed by atoms with E-state index < -0.39 is 17.9 Å². The highest BCUT2D eigenvalue weighted by Gasteiger charge is 2.21. The molecular formula is C116H132N2O24. The minimum Gasteiger partial charge on any atom is -0.508 e. The molecule has 0 radical (unpaired) electrons. The zero-order valence-corrected chi connectivity index (χ0v) is 82.1. The molecule has 1 unspecified atom stereocenters. The zero-order chi connectivity index (χ0) is 102. The number of carboxylic acid groups (broad SMARTS) is 1. The van der Waals surface area contributed by atoms with Crippen LogP contribution < -0.4 is 42.6 Å². The van der Waals surface area contributed by atoms with Crippen molar-refractivity contribution in [3.8, 4) is 99.2 Å². The van der Waals surface area contributed by atoms with Crippen LogP contribution in [-0.4, -0.2) is 133 Å². The predicted octanol–water partition coefficient (Wildman–Crippen LogP) is 24.8. The van der Waals surface area contributed by atoms with Crippen LogP contribution in [0.3, 0.4) is 0 Å². The van der Waals surface area contributed by atoms with Crippen molar-refractivity contribution in [1.82, 2.24) is 9.97 Å². The van der Waals surface area contributed by atoms with Gasteiger partial charge < -0.3 is 81.6 Å². The van der Waals surface area contributed by atoms with Gasteiger partial charge >= 0.3 is 41.8 Å². The lowest BCUT2D eigenvalue weighted by Gasteiger charge is -2.23. The van der Waals surface area contributed by atoms with Gasteiger partial charge in [-0.3, -0.25) is 14.4 Å². The Kier molecular flexibility index (Phi) is 50.1. The number of aryl methyl sites for hydroxylation is 3. The van der Waals surface area contributed by atoms with E-state index in [0.29, 0.717) is 133 Å². The van der Waals surface area contributed by atoms with E-state index in [2.05, 4.69) is 69.8 Å². The van der Waals surface area contributed by atoms with Gasteiger partial charge in [-0.2, -0.15) is 0 Å². The van der Waals surface area contributed by atoms with Crippen LogP contribution in [0.1, 0.15) is 192 Å². The minimum absolute atomic E-state index is 0.128. The molecule has 1 aliphatic rings. The van der Waals surface area contributed by atoms with Gasteiger partial charge in [0.25, 0.3) is 0 Å². The van der Waals surface area contributed by atoms with Gasteiger partial charge in [0.2, 0.25) is 11.8 Å². The summed E-state index contributed by atoms with van der Waals surface area (Å²) < 4.78 is 77.9. The topological polar surface area (TPSA) is 335 Å². The average molecular weight is 1940 g/mol. The number of methoxy groups -OCH3 is 1. The summed E-state index contributed by atoms with van der Waals surface area (Å²) in [6.07, 6.45) is 31.1. The van der Waals surface area contributed by atoms with Crippen LogP contribution in [0.4, 0.5) is 0 Å². The zero-order valence-electron chi connectivity index (χ0n) is 82.1. The molecule has 3 heterocycles. The fourth-order valence-electron chi connectivity index (χ4n) is 14.3. The van der Waals surface area contributed by atoms with Crippen LogP contribution in [0.25, 0.3) is 43.4 Å². The first-order valence-corrected chi connectivity index (χ1v) is 48.2. The Morgan fingerprint density at radius 2 is 0.761 bits per heavy atom. The van der Waals surface area contributed by atoms with Crippen molar-refractivity contribution in [3.63, 3.8) is 0 Å². The number of phenolic OH excluding ortho intramolecular Hbond substituents is 2. The van der Waals surface area contributed by atoms with E-state index in [1.807, 2.05) is 103 Å². The Labute approximate surface area is 832 Å². The smallest absolute Gasteiger partial charge is 0.330 e. The summed E-state index contributed by atoms with van der Waals surface area (Å²) in [6.45, 7) is 26.2. The van der Waals surface area contributed by atoms with E-state index in [1.54, 1.807) is 105 Å². The normalized spacial score (nSPS) is 11.7. The summed E-state index contributed by atoms with van der Waals surface area (Å²) in [5.74, 6) is 10.4. The van der Waals surface area contributed by atoms with Gasteiger partial charge in [-0.1, -0.05) is 109 Å². The fourth-order valence-corrected chi connectivity index (χ4v) is 14.3. The first-order chi connectivity index (χ1) is 68.8. The molecule has 2 aromatic heterocycles. The highest BCUT2D eigenvalue weighted by atomic mass is 16.7. The van der Waals surface area contributed by atoms with Gasteiger partial charge in [-0.25, -0.2) is 29.1 Å². The number of carbonyl (C=O) groups excluding carboxylic acids is 6. The summed E-state index contributed by atoms with van der Waals surface area (Å²) in [5.41, 5.74) is 4.54. The molecule has 0 saturated carbocycles. The number of hydrogen-bond acceptors (Lipinski definition) is 25. The lowest BCUT2D eigenvalue weighted by atomic mass is 9.89. The van der Waals surface area contributed by atoms with Crippen molar-refractivity contribution in [1.29, 1.82) is 0 Å². The molecule has 0 bridgehead atoms. The lowest BCUT2D eigenvalue weighted by molar-refractivity contribution is -0.138. The maximum atomic E-state index is 13.1. The maximum Gasteiger partial charge on any atom is 0.330 e. The number of esters is 6. The van der Waals surface area contributed by atoms with Crippen LogP contribution >= 0.6 is 0 Å². The van der Waals surface area contributed by atoms with E-state index in [4.69, 9.17) is 82.8 Å². The van der Waals surface area contributed by atoms with Gasteiger partial charge in [0, 0.05) is 83.7 Å². The maximum absolute atomic E-state index is 13.1. The Hall–Kier alpha value is -15.2. The first kappa shape index (κ1) is 112. The number of rotatable bonds is 52. The standard InChI is InChI=1S/C56H59NO12.C24H21NO5.C18H24O5.C13H24O2.C5H4/c1-4-52(58)65-36-12-8-6-10-34-63-43-20-14-40(15-21-43)18-32-54(60)67-46-28-30-48-49-31-29-47(39-51(49)57-56(50(48)38-46)69-45-26-24-42(62-3)25-27-45)68-55(61)33-19-41-16-22-44(23-17-41)64-35-11-7-9-13-37-66-53(59)5-2;26-15-4-10-19-20-11-5-16(27)14-22(20)25-24(21(19)13-15)30-18-8-6-17(7-9-18)29-23-3-1-2-12-28-23;1-2-18(21)23-14-6-4-3-5-13-22-16-10-7-15(8-11-16)9-12-17(19)20;1-5-12(14)15-11-9-7-6-8-10-13(2,3)4;1-3-5-4-2/h4-5,14-17,20-31,38-39H,1-2,6-13,18-19,32-37H2,3H3;4-11,13-14,23,26-27H,1-3,12H2;2,7-8,10-11H,1,3-6,9,12-14H2,(H,19,20);5H,1,6-11H2,2-4H3;1H,2H3. The highest BCUT2D eigenvalue weighted by molar-refractivity contribution is 6.10. The lowest BCUT2D eigenvalue weighted by Crippen LogP contribution is -2.24. The molecule has 12 rings (SSSR count). The average Bonchev–Trinajstić information content (AvgIpc) is 0.768. The number of carbonyl (C=O) groups is 7. The van der Waals surface area contributed by atoms with E-state index >= 15 is 0 Å². The third-order valence-electron chi connectivity index (χ3n) is 21.8. The molecule has 0 aliphatic carbocycles. The Balaban J connectivity index is 0.000000273. The third kappa shape index (κ3) is 43.5. The van der Waals surface area contributed by atoms with Crippen molar-refractivity contribution >= 4 is 85.1 Å². The molecule has 9 aromatic carbocycles. The van der Waals surface area contributed by atoms with Crippen molar-refractivity contribution in [3.05, 3.63) is 261 Å². The Morgan fingerprint density at radius 1 is 0.408 bits per heavy atom. The second kappa shape index (κ2) is 63.4. The number of aromatic nitrogens is 2. The molecule has 0 amide bonds. The number of unbranched alkanes of at least 4 members (excludes halogenated alkanes) is 12. The van der Waals surface area contributed by atoms with E-state index in [1.165, 1.54) is 43.6 Å². The number of terminal acetylenes is 1. The molecule has 750 valence electrons. The van der Waals surface area contributed by atoms with Crippen LogP contribution in [0, 0.1) is 29.6 Å². The van der Waals surface area contributed by atoms with Gasteiger partial charge in [-0.05, 0) is 319 Å². The molecule has 0 spiro atoms. The molecule has 1 fully saturated rings. The van der Waals surface area contributed by atoms with Crippen LogP contribution in [-0.2, 0) is 76.5 Å². The van der Waals surface area contributed by atoms with Gasteiger partial charge in [0.1, 0.15) is 63.2 Å². The van der Waals surface area contributed by atoms with Crippen molar-refractivity contribution in [2.24, 2.45) is 5.41 Å². The number of nitrogens with zero attached hydrogens (tertiary/aromatic N) is 2. The molecule has 3 N–H and O–H groups in total. The molecule has 26 nitrogen and oxygen atoms in total. The molecule has 1 aliphatic heterocycles. The second-order valence-corrected chi connectivity index (χ2v) is 34.2. The highest BCUT2D eigenvalue weighted by Crippen LogP contribution is 2.40. The van der Waals surface area contributed by atoms with Crippen molar-refractivity contribution < 1.29 is 115 Å². The minimum atomic E-state index is -0.787. The van der Waals surface area contributed by atoms with Gasteiger partial charge in [0.05, 0.1) is 71.0 Å². The van der Waals surface area contributed by atoms with Crippen LogP contribution in [0.5, 0.6) is 75.0 Å². The number of carboxylic acids is 1. The van der Waals surface area contributed by atoms with Crippen LogP contribution in [0.2, 0.25) is 0 Å². The molecule has 1 atom stereocenters. The number of benzene rings is 9. The molecule has 26 heteroatoms. The molecular weight excluding hydrogens is 1810 g/mol. The number of hydrogen-bond donors (Lipinski definition) is 3. The largest absolute Gasteiger partial charge is 0.508 e. The fraction of sp³-hybridized carbons (Fsp3) is 0.353. The first-order valence-electron chi connectivity index (χ1n) is 48.2. The summed E-state index contributed by atoms with van der Waals surface area (Å²) in [6, 6.07) is 58.0. The van der Waals surface area contributed by atoms with Gasteiger partial charge in [0.15, 0.2) is 6.29 Å². The summed E-state index contributed by atoms with van der Waals surface area (Å²) in [4.78, 5) is 89.9. The number of ether oxygens (including phenoxy) is 14. The third-order valence-corrected chi connectivity index (χ3v) is 21.8. The number of pyridine rings is 2. The van der Waals surface area contributed by atoms with E-state index in [0.717, 1.165) is 171 Å².